The lowest BCUT2D eigenvalue weighted by molar-refractivity contribution is 0.0993. The second kappa shape index (κ2) is 7.69. The van der Waals surface area contributed by atoms with Crippen molar-refractivity contribution in [1.29, 1.82) is 0 Å². The molecule has 0 saturated heterocycles. The lowest BCUT2D eigenvalue weighted by Gasteiger charge is -2.12. The van der Waals surface area contributed by atoms with E-state index in [1.165, 1.54) is 23.9 Å². The van der Waals surface area contributed by atoms with Crippen LogP contribution in [0, 0.1) is 13.8 Å². The second-order valence-electron chi connectivity index (χ2n) is 6.76. The Hall–Kier alpha value is -2.16. The molecule has 1 aromatic heterocycles. The highest BCUT2D eigenvalue weighted by Crippen LogP contribution is 2.30. The van der Waals surface area contributed by atoms with Crippen LogP contribution in [0.5, 0.6) is 0 Å². The van der Waals surface area contributed by atoms with E-state index in [1.807, 2.05) is 50.5 Å². The summed E-state index contributed by atoms with van der Waals surface area (Å²) >= 11 is 1.37. The molecule has 8 heteroatoms. The fraction of sp³-hybridized carbons (Fsp3) is 0.300. The first kappa shape index (κ1) is 20.6. The average Bonchev–Trinajstić information content (AvgIpc) is 2.98. The third-order valence-electron chi connectivity index (χ3n) is 4.77. The van der Waals surface area contributed by atoms with Gasteiger partial charge in [-0.05, 0) is 63.1 Å². The molecule has 0 radical (unpaired) electrons. The second-order valence-corrected chi connectivity index (χ2v) is 9.63. The lowest BCUT2D eigenvalue weighted by Crippen LogP contribution is -2.15. The summed E-state index contributed by atoms with van der Waals surface area (Å²) in [4.78, 5) is 17.4. The van der Waals surface area contributed by atoms with Gasteiger partial charge in [0, 0.05) is 12.1 Å². The Morgan fingerprint density at radius 2 is 1.89 bits per heavy atom. The van der Waals surface area contributed by atoms with Crippen LogP contribution < -0.4 is 5.14 Å². The van der Waals surface area contributed by atoms with Crippen LogP contribution in [-0.2, 0) is 16.6 Å². The molecule has 0 spiro atoms. The molecule has 3 aromatic rings. The molecular formula is C20H23N3O3S2. The first-order valence-corrected chi connectivity index (χ1v) is 11.4. The number of sulfonamides is 1. The van der Waals surface area contributed by atoms with Crippen LogP contribution in [0.15, 0.2) is 46.5 Å². The zero-order valence-corrected chi connectivity index (χ0v) is 17.9. The van der Waals surface area contributed by atoms with Crippen molar-refractivity contribution in [2.24, 2.45) is 5.14 Å². The third-order valence-corrected chi connectivity index (χ3v) is 6.77. The molecule has 2 N–H and O–H groups in total. The van der Waals surface area contributed by atoms with Gasteiger partial charge in [0.05, 0.1) is 21.2 Å². The van der Waals surface area contributed by atoms with Crippen LogP contribution >= 0.6 is 11.8 Å². The predicted molar refractivity (Wildman–Crippen MR) is 112 cm³/mol. The van der Waals surface area contributed by atoms with Crippen molar-refractivity contribution in [2.75, 3.05) is 0 Å². The van der Waals surface area contributed by atoms with Crippen LogP contribution in [-0.4, -0.2) is 29.0 Å². The maximum absolute atomic E-state index is 12.9. The summed E-state index contributed by atoms with van der Waals surface area (Å²) in [6.07, 6.45) is 0. The van der Waals surface area contributed by atoms with Gasteiger partial charge in [-0.3, -0.25) is 4.79 Å². The van der Waals surface area contributed by atoms with Crippen molar-refractivity contribution in [2.45, 2.75) is 49.5 Å². The number of hydrogen-bond donors (Lipinski definition) is 1. The monoisotopic (exact) mass is 417 g/mol. The summed E-state index contributed by atoms with van der Waals surface area (Å²) in [5, 5.41) is 5.56. The van der Waals surface area contributed by atoms with Gasteiger partial charge in [0.1, 0.15) is 0 Å². The summed E-state index contributed by atoms with van der Waals surface area (Å²) in [5.74, 6) is 0.0352. The predicted octanol–water partition coefficient (Wildman–Crippen LogP) is 3.68. The zero-order chi connectivity index (χ0) is 20.6. The van der Waals surface area contributed by atoms with Gasteiger partial charge in [-0.1, -0.05) is 23.9 Å². The van der Waals surface area contributed by atoms with Crippen molar-refractivity contribution in [1.82, 2.24) is 9.55 Å². The molecule has 0 fully saturated rings. The standard InChI is InChI=1S/C20H23N3O3S2/c1-5-23-18-9-8-16(28(21,25)26)11-17(18)22-20(23)27-14(4)19(24)15-7-6-12(2)13(3)10-15/h6-11,14H,5H2,1-4H3,(H2,21,25,26)/t14-/m1/s1. The van der Waals surface area contributed by atoms with Gasteiger partial charge in [0.2, 0.25) is 10.0 Å². The molecule has 0 bridgehead atoms. The van der Waals surface area contributed by atoms with E-state index in [1.54, 1.807) is 6.07 Å². The van der Waals surface area contributed by atoms with Crippen LogP contribution in [0.3, 0.4) is 0 Å². The third kappa shape index (κ3) is 3.99. The lowest BCUT2D eigenvalue weighted by atomic mass is 10.0. The highest BCUT2D eigenvalue weighted by molar-refractivity contribution is 8.00. The number of carbonyl (C=O) groups excluding carboxylic acids is 1. The van der Waals surface area contributed by atoms with E-state index < -0.39 is 10.0 Å². The van der Waals surface area contributed by atoms with Gasteiger partial charge in [0.25, 0.3) is 0 Å². The molecule has 28 heavy (non-hydrogen) atoms. The number of Topliss-reactive ketones (excluding diaryl/α,β-unsaturated/α-hetero) is 1. The topological polar surface area (TPSA) is 95.0 Å². The number of nitrogens with zero attached hydrogens (tertiary/aromatic N) is 2. The minimum absolute atomic E-state index is 0.0246. The van der Waals surface area contributed by atoms with Crippen molar-refractivity contribution in [3.8, 4) is 0 Å². The zero-order valence-electron chi connectivity index (χ0n) is 16.3. The molecule has 3 rings (SSSR count). The maximum atomic E-state index is 12.9. The first-order chi connectivity index (χ1) is 13.1. The summed E-state index contributed by atoms with van der Waals surface area (Å²) in [6, 6.07) is 10.4. The average molecular weight is 418 g/mol. The summed E-state index contributed by atoms with van der Waals surface area (Å²) in [6.45, 7) is 8.49. The van der Waals surface area contributed by atoms with Crippen molar-refractivity contribution >= 4 is 38.6 Å². The molecule has 148 valence electrons. The van der Waals surface area contributed by atoms with Gasteiger partial charge in [-0.2, -0.15) is 0 Å². The Bertz CT molecular complexity index is 1170. The number of primary sulfonamides is 1. The Kier molecular flexibility index (Phi) is 5.65. The van der Waals surface area contributed by atoms with E-state index in [0.29, 0.717) is 22.8 Å². The molecular weight excluding hydrogens is 394 g/mol. The van der Waals surface area contributed by atoms with E-state index in [4.69, 9.17) is 5.14 Å². The maximum Gasteiger partial charge on any atom is 0.238 e. The smallest absolute Gasteiger partial charge is 0.238 e. The Morgan fingerprint density at radius 1 is 1.18 bits per heavy atom. The number of hydrogen-bond acceptors (Lipinski definition) is 5. The van der Waals surface area contributed by atoms with Crippen molar-refractivity contribution in [3.05, 3.63) is 53.1 Å². The number of carbonyl (C=O) groups is 1. The molecule has 1 heterocycles. The number of fused-ring (bicyclic) bond motifs is 1. The fourth-order valence-electron chi connectivity index (χ4n) is 3.00. The minimum Gasteiger partial charge on any atom is -0.319 e. The van der Waals surface area contributed by atoms with Gasteiger partial charge in [-0.15, -0.1) is 0 Å². The summed E-state index contributed by atoms with van der Waals surface area (Å²) < 4.78 is 25.2. The Balaban J connectivity index is 1.94. The number of benzene rings is 2. The van der Waals surface area contributed by atoms with Gasteiger partial charge in [-0.25, -0.2) is 18.5 Å². The molecule has 6 nitrogen and oxygen atoms in total. The first-order valence-electron chi connectivity index (χ1n) is 8.93. The quantitative estimate of drug-likeness (QED) is 0.488. The molecule has 0 unspecified atom stereocenters. The molecule has 0 amide bonds. The number of nitrogens with two attached hydrogens (primary N) is 1. The van der Waals surface area contributed by atoms with E-state index in [9.17, 15) is 13.2 Å². The molecule has 1 atom stereocenters. The van der Waals surface area contributed by atoms with Crippen molar-refractivity contribution < 1.29 is 13.2 Å². The van der Waals surface area contributed by atoms with E-state index >= 15 is 0 Å². The van der Waals surface area contributed by atoms with E-state index in [0.717, 1.165) is 16.6 Å². The number of ketones is 1. The highest BCUT2D eigenvalue weighted by atomic mass is 32.2. The van der Waals surface area contributed by atoms with Crippen LogP contribution in [0.1, 0.15) is 35.3 Å². The minimum atomic E-state index is -3.79. The van der Waals surface area contributed by atoms with Gasteiger partial charge < -0.3 is 4.57 Å². The largest absolute Gasteiger partial charge is 0.319 e. The molecule has 2 aromatic carbocycles. The number of thioether (sulfide) groups is 1. The Labute approximate surface area is 169 Å². The van der Waals surface area contributed by atoms with Gasteiger partial charge >= 0.3 is 0 Å². The molecule has 0 aliphatic heterocycles. The van der Waals surface area contributed by atoms with Crippen LogP contribution in [0.2, 0.25) is 0 Å². The number of aromatic nitrogens is 2. The highest BCUT2D eigenvalue weighted by Gasteiger charge is 2.21. The van der Waals surface area contributed by atoms with Crippen LogP contribution in [0.4, 0.5) is 0 Å². The Morgan fingerprint density at radius 3 is 2.50 bits per heavy atom. The number of imidazole rings is 1. The molecule has 0 aliphatic rings. The van der Waals surface area contributed by atoms with E-state index in [2.05, 4.69) is 4.98 Å². The number of aryl methyl sites for hydroxylation is 3. The van der Waals surface area contributed by atoms with Gasteiger partial charge in [0.15, 0.2) is 10.9 Å². The molecule has 0 saturated carbocycles. The number of rotatable bonds is 6. The summed E-state index contributed by atoms with van der Waals surface area (Å²) in [5.41, 5.74) is 4.26. The SMILES string of the molecule is CCn1c(S[C@H](C)C(=O)c2ccc(C)c(C)c2)nc2cc(S(N)(=O)=O)ccc21. The van der Waals surface area contributed by atoms with Crippen LogP contribution in [0.25, 0.3) is 11.0 Å². The van der Waals surface area contributed by atoms with E-state index in [-0.39, 0.29) is 15.9 Å². The van der Waals surface area contributed by atoms with Crippen molar-refractivity contribution in [3.63, 3.8) is 0 Å². The summed E-state index contributed by atoms with van der Waals surface area (Å²) in [7, 11) is -3.79. The normalized spacial score (nSPS) is 13.0. The fourth-order valence-corrected chi connectivity index (χ4v) is 4.60. The molecule has 0 aliphatic carbocycles.